The van der Waals surface area contributed by atoms with E-state index in [4.69, 9.17) is 11.5 Å². The van der Waals surface area contributed by atoms with Crippen molar-refractivity contribution in [2.24, 2.45) is 11.5 Å². The molecule has 2 rings (SSSR count). The molecule has 0 fully saturated rings. The maximum absolute atomic E-state index is 13.5. The Bertz CT molecular complexity index is 579. The summed E-state index contributed by atoms with van der Waals surface area (Å²) < 4.78 is 15.0. The molecule has 0 unspecified atom stereocenters. The van der Waals surface area contributed by atoms with Crippen molar-refractivity contribution in [3.05, 3.63) is 53.4 Å². The average molecular weight is 248 g/mol. The molecule has 0 aliphatic rings. The molecule has 0 atom stereocenters. The lowest BCUT2D eigenvalue weighted by Gasteiger charge is -2.07. The van der Waals surface area contributed by atoms with Crippen LogP contribution in [-0.4, -0.2) is 15.5 Å². The van der Waals surface area contributed by atoms with Crippen molar-refractivity contribution in [1.82, 2.24) is 9.55 Å². The van der Waals surface area contributed by atoms with Crippen molar-refractivity contribution < 1.29 is 9.18 Å². The van der Waals surface area contributed by atoms with Gasteiger partial charge in [0, 0.05) is 12.1 Å². The number of primary amides is 1. The Hall–Kier alpha value is -2.21. The van der Waals surface area contributed by atoms with Gasteiger partial charge in [0.25, 0.3) is 5.91 Å². The first kappa shape index (κ1) is 12.3. The fraction of sp³-hybridized carbons (Fsp3) is 0.167. The first-order chi connectivity index (χ1) is 8.63. The Labute approximate surface area is 103 Å². The van der Waals surface area contributed by atoms with Crippen LogP contribution in [0.1, 0.15) is 21.7 Å². The zero-order valence-electron chi connectivity index (χ0n) is 9.64. The molecule has 94 valence electrons. The molecule has 0 saturated carbocycles. The third-order valence-electron chi connectivity index (χ3n) is 2.64. The van der Waals surface area contributed by atoms with Crippen LogP contribution in [0, 0.1) is 5.82 Å². The third kappa shape index (κ3) is 2.23. The van der Waals surface area contributed by atoms with Gasteiger partial charge in [0.2, 0.25) is 0 Å². The normalized spacial score (nSPS) is 10.6. The van der Waals surface area contributed by atoms with Gasteiger partial charge >= 0.3 is 0 Å². The summed E-state index contributed by atoms with van der Waals surface area (Å²) in [4.78, 5) is 15.3. The number of hydrogen-bond acceptors (Lipinski definition) is 3. The van der Waals surface area contributed by atoms with Gasteiger partial charge in [0.15, 0.2) is 0 Å². The van der Waals surface area contributed by atoms with E-state index >= 15 is 0 Å². The summed E-state index contributed by atoms with van der Waals surface area (Å²) in [6.07, 6.45) is 1.44. The number of carbonyl (C=O) groups excluding carboxylic acids is 1. The predicted octanol–water partition coefficient (Wildman–Crippen LogP) is 0.628. The lowest BCUT2D eigenvalue weighted by molar-refractivity contribution is 0.0991. The van der Waals surface area contributed by atoms with Gasteiger partial charge in [0.05, 0.1) is 18.6 Å². The number of benzene rings is 1. The predicted molar refractivity (Wildman–Crippen MR) is 64.1 cm³/mol. The number of amides is 1. The van der Waals surface area contributed by atoms with Gasteiger partial charge in [-0.1, -0.05) is 18.2 Å². The highest BCUT2D eigenvalue weighted by Crippen LogP contribution is 2.12. The smallest absolute Gasteiger partial charge is 0.267 e. The van der Waals surface area contributed by atoms with Crippen molar-refractivity contribution in [1.29, 1.82) is 0 Å². The number of nitrogens with zero attached hydrogens (tertiary/aromatic N) is 2. The number of rotatable bonds is 4. The number of hydrogen-bond donors (Lipinski definition) is 2. The molecule has 1 aromatic carbocycles. The highest BCUT2D eigenvalue weighted by molar-refractivity contribution is 5.92. The second-order valence-electron chi connectivity index (χ2n) is 3.83. The van der Waals surface area contributed by atoms with Crippen LogP contribution in [0.2, 0.25) is 0 Å². The molecule has 1 heterocycles. The van der Waals surface area contributed by atoms with E-state index in [1.54, 1.807) is 18.2 Å². The maximum atomic E-state index is 13.5. The van der Waals surface area contributed by atoms with Crippen molar-refractivity contribution >= 4 is 5.91 Å². The number of carbonyl (C=O) groups is 1. The molecular formula is C12H13FN4O. The molecule has 5 nitrogen and oxygen atoms in total. The van der Waals surface area contributed by atoms with Crippen LogP contribution in [-0.2, 0) is 13.1 Å². The van der Waals surface area contributed by atoms with Gasteiger partial charge < -0.3 is 16.0 Å². The van der Waals surface area contributed by atoms with Crippen molar-refractivity contribution in [2.45, 2.75) is 13.1 Å². The third-order valence-corrected chi connectivity index (χ3v) is 2.64. The van der Waals surface area contributed by atoms with E-state index in [1.807, 2.05) is 0 Å². The Morgan fingerprint density at radius 2 is 2.11 bits per heavy atom. The van der Waals surface area contributed by atoms with Gasteiger partial charge in [-0.3, -0.25) is 4.79 Å². The maximum Gasteiger partial charge on any atom is 0.267 e. The molecule has 0 spiro atoms. The minimum atomic E-state index is -0.621. The summed E-state index contributed by atoms with van der Waals surface area (Å²) in [6, 6.07) is 6.33. The molecule has 6 heteroatoms. The second kappa shape index (κ2) is 4.97. The van der Waals surface area contributed by atoms with Crippen molar-refractivity contribution in [3.63, 3.8) is 0 Å². The monoisotopic (exact) mass is 248 g/mol. The first-order valence-corrected chi connectivity index (χ1v) is 5.40. The van der Waals surface area contributed by atoms with E-state index in [2.05, 4.69) is 4.98 Å². The molecule has 0 saturated heterocycles. The zero-order valence-corrected chi connectivity index (χ0v) is 9.64. The average Bonchev–Trinajstić information content (AvgIpc) is 2.75. The summed E-state index contributed by atoms with van der Waals surface area (Å²) in [5.74, 6) is -0.958. The Morgan fingerprint density at radius 1 is 1.39 bits per heavy atom. The number of aromatic nitrogens is 2. The first-order valence-electron chi connectivity index (χ1n) is 5.40. The summed E-state index contributed by atoms with van der Waals surface area (Å²) in [5.41, 5.74) is 11.8. The second-order valence-corrected chi connectivity index (χ2v) is 3.83. The molecule has 1 amide bonds. The quantitative estimate of drug-likeness (QED) is 0.831. The molecule has 18 heavy (non-hydrogen) atoms. The molecule has 4 N–H and O–H groups in total. The fourth-order valence-electron chi connectivity index (χ4n) is 1.79. The summed E-state index contributed by atoms with van der Waals surface area (Å²) >= 11 is 0. The standard InChI is InChI=1S/C12H13FN4O/c13-9-4-2-1-3-8(9)6-17-7-16-10(5-14)11(17)12(15)18/h1-4,7H,5-6,14H2,(H2,15,18). The molecular weight excluding hydrogens is 235 g/mol. The van der Waals surface area contributed by atoms with Crippen LogP contribution in [0.4, 0.5) is 4.39 Å². The van der Waals surface area contributed by atoms with E-state index in [-0.39, 0.29) is 24.6 Å². The lowest BCUT2D eigenvalue weighted by atomic mass is 10.2. The molecule has 0 radical (unpaired) electrons. The zero-order chi connectivity index (χ0) is 13.1. The van der Waals surface area contributed by atoms with Crippen LogP contribution in [0.25, 0.3) is 0 Å². The van der Waals surface area contributed by atoms with E-state index < -0.39 is 5.91 Å². The van der Waals surface area contributed by atoms with Gasteiger partial charge in [0.1, 0.15) is 11.5 Å². The number of imidazole rings is 1. The van der Waals surface area contributed by atoms with Gasteiger partial charge in [-0.25, -0.2) is 9.37 Å². The topological polar surface area (TPSA) is 86.9 Å². The number of nitrogens with two attached hydrogens (primary N) is 2. The molecule has 0 bridgehead atoms. The Morgan fingerprint density at radius 3 is 2.72 bits per heavy atom. The van der Waals surface area contributed by atoms with Gasteiger partial charge in [-0.05, 0) is 6.07 Å². The fourth-order valence-corrected chi connectivity index (χ4v) is 1.79. The Balaban J connectivity index is 2.38. The highest BCUT2D eigenvalue weighted by atomic mass is 19.1. The van der Waals surface area contributed by atoms with Crippen LogP contribution >= 0.6 is 0 Å². The summed E-state index contributed by atoms with van der Waals surface area (Å²) in [5, 5.41) is 0. The minimum absolute atomic E-state index is 0.114. The van der Waals surface area contributed by atoms with Crippen molar-refractivity contribution in [2.75, 3.05) is 0 Å². The van der Waals surface area contributed by atoms with Crippen LogP contribution < -0.4 is 11.5 Å². The minimum Gasteiger partial charge on any atom is -0.364 e. The van der Waals surface area contributed by atoms with Gasteiger partial charge in [-0.15, -0.1) is 0 Å². The van der Waals surface area contributed by atoms with Gasteiger partial charge in [-0.2, -0.15) is 0 Å². The lowest BCUT2D eigenvalue weighted by Crippen LogP contribution is -2.20. The summed E-state index contributed by atoms with van der Waals surface area (Å²) in [7, 11) is 0. The van der Waals surface area contributed by atoms with Crippen molar-refractivity contribution in [3.8, 4) is 0 Å². The van der Waals surface area contributed by atoms with Crippen LogP contribution in [0.3, 0.4) is 0 Å². The molecule has 1 aromatic heterocycles. The van der Waals surface area contributed by atoms with E-state index in [1.165, 1.54) is 17.0 Å². The van der Waals surface area contributed by atoms with Crippen LogP contribution in [0.15, 0.2) is 30.6 Å². The van der Waals surface area contributed by atoms with Crippen LogP contribution in [0.5, 0.6) is 0 Å². The molecule has 2 aromatic rings. The van der Waals surface area contributed by atoms with E-state index in [0.717, 1.165) is 0 Å². The largest absolute Gasteiger partial charge is 0.364 e. The van der Waals surface area contributed by atoms with E-state index in [9.17, 15) is 9.18 Å². The SMILES string of the molecule is NCc1ncn(Cc2ccccc2F)c1C(N)=O. The molecule has 0 aliphatic heterocycles. The number of halogens is 1. The summed E-state index contributed by atoms with van der Waals surface area (Å²) in [6.45, 7) is 0.306. The highest BCUT2D eigenvalue weighted by Gasteiger charge is 2.15. The molecule has 0 aliphatic carbocycles. The van der Waals surface area contributed by atoms with E-state index in [0.29, 0.717) is 11.3 Å². The Kier molecular flexibility index (Phi) is 3.38.